The van der Waals surface area contributed by atoms with E-state index in [2.05, 4.69) is 10.6 Å². The molecule has 2 N–H and O–H groups in total. The second kappa shape index (κ2) is 7.82. The number of amides is 3. The highest BCUT2D eigenvalue weighted by Gasteiger charge is 2.19. The zero-order chi connectivity index (χ0) is 18.5. The Morgan fingerprint density at radius 1 is 0.962 bits per heavy atom. The Kier molecular flexibility index (Phi) is 5.31. The Labute approximate surface area is 152 Å². The third kappa shape index (κ3) is 3.91. The van der Waals surface area contributed by atoms with Gasteiger partial charge in [-0.25, -0.2) is 0 Å². The standard InChI is InChI=1S/C20H21N3O3/c1-21-19(25)15-5-4-6-16(13-15)22-20(26)14-8-10-17(11-9-14)23-12-3-2-7-18(23)24/h4-6,8-11,13H,2-3,7,12H2,1H3,(H,21,25)(H,22,26). The highest BCUT2D eigenvalue weighted by atomic mass is 16.2. The number of hydrogen-bond acceptors (Lipinski definition) is 3. The van der Waals surface area contributed by atoms with Crippen LogP contribution in [-0.2, 0) is 4.79 Å². The van der Waals surface area contributed by atoms with Crippen LogP contribution in [0.3, 0.4) is 0 Å². The molecule has 134 valence electrons. The van der Waals surface area contributed by atoms with Crippen molar-refractivity contribution < 1.29 is 14.4 Å². The predicted molar refractivity (Wildman–Crippen MR) is 100 cm³/mol. The van der Waals surface area contributed by atoms with E-state index in [0.717, 1.165) is 25.1 Å². The van der Waals surface area contributed by atoms with E-state index in [-0.39, 0.29) is 17.7 Å². The van der Waals surface area contributed by atoms with E-state index in [1.54, 1.807) is 60.5 Å². The molecular weight excluding hydrogens is 330 g/mol. The van der Waals surface area contributed by atoms with Crippen LogP contribution in [0.1, 0.15) is 40.0 Å². The lowest BCUT2D eigenvalue weighted by molar-refractivity contribution is -0.119. The van der Waals surface area contributed by atoms with Gasteiger partial charge in [-0.2, -0.15) is 0 Å². The van der Waals surface area contributed by atoms with Crippen molar-refractivity contribution in [3.05, 3.63) is 59.7 Å². The molecule has 3 rings (SSSR count). The summed E-state index contributed by atoms with van der Waals surface area (Å²) in [5.74, 6) is -0.355. The zero-order valence-electron chi connectivity index (χ0n) is 14.6. The number of anilines is 2. The fourth-order valence-corrected chi connectivity index (χ4v) is 2.96. The largest absolute Gasteiger partial charge is 0.355 e. The summed E-state index contributed by atoms with van der Waals surface area (Å²) in [5, 5.41) is 5.34. The van der Waals surface area contributed by atoms with Crippen molar-refractivity contribution in [2.24, 2.45) is 0 Å². The van der Waals surface area contributed by atoms with Crippen LogP contribution in [0.5, 0.6) is 0 Å². The summed E-state index contributed by atoms with van der Waals surface area (Å²) < 4.78 is 0. The summed E-state index contributed by atoms with van der Waals surface area (Å²) in [5.41, 5.74) is 2.33. The number of carbonyl (C=O) groups excluding carboxylic acids is 3. The fraction of sp³-hybridized carbons (Fsp3) is 0.250. The average Bonchev–Trinajstić information content (AvgIpc) is 2.68. The number of hydrogen-bond donors (Lipinski definition) is 2. The van der Waals surface area contributed by atoms with E-state index in [1.807, 2.05) is 0 Å². The SMILES string of the molecule is CNC(=O)c1cccc(NC(=O)c2ccc(N3CCCCC3=O)cc2)c1. The average molecular weight is 351 g/mol. The molecule has 0 saturated carbocycles. The number of rotatable bonds is 4. The van der Waals surface area contributed by atoms with Gasteiger partial charge in [-0.05, 0) is 55.3 Å². The van der Waals surface area contributed by atoms with Gasteiger partial charge in [-0.1, -0.05) is 6.07 Å². The van der Waals surface area contributed by atoms with Crippen LogP contribution in [0.2, 0.25) is 0 Å². The lowest BCUT2D eigenvalue weighted by atomic mass is 10.1. The van der Waals surface area contributed by atoms with Gasteiger partial charge in [0.25, 0.3) is 11.8 Å². The van der Waals surface area contributed by atoms with Crippen molar-refractivity contribution in [3.8, 4) is 0 Å². The molecule has 1 saturated heterocycles. The first-order chi connectivity index (χ1) is 12.6. The molecule has 1 heterocycles. The second-order valence-electron chi connectivity index (χ2n) is 6.16. The smallest absolute Gasteiger partial charge is 0.255 e. The Morgan fingerprint density at radius 2 is 1.73 bits per heavy atom. The Balaban J connectivity index is 1.70. The number of nitrogens with one attached hydrogen (secondary N) is 2. The van der Waals surface area contributed by atoms with Gasteiger partial charge in [0, 0.05) is 42.5 Å². The molecular formula is C20H21N3O3. The Morgan fingerprint density at radius 3 is 2.42 bits per heavy atom. The van der Waals surface area contributed by atoms with Crippen LogP contribution in [0.4, 0.5) is 11.4 Å². The lowest BCUT2D eigenvalue weighted by Gasteiger charge is -2.26. The Hall–Kier alpha value is -3.15. The highest BCUT2D eigenvalue weighted by molar-refractivity contribution is 6.05. The fourth-order valence-electron chi connectivity index (χ4n) is 2.96. The number of piperidine rings is 1. The quantitative estimate of drug-likeness (QED) is 0.889. The van der Waals surface area contributed by atoms with Crippen molar-refractivity contribution in [1.82, 2.24) is 5.32 Å². The minimum atomic E-state index is -0.268. The van der Waals surface area contributed by atoms with Gasteiger partial charge in [-0.15, -0.1) is 0 Å². The molecule has 0 radical (unpaired) electrons. The third-order valence-electron chi connectivity index (χ3n) is 4.37. The highest BCUT2D eigenvalue weighted by Crippen LogP contribution is 2.21. The van der Waals surface area contributed by atoms with Gasteiger partial charge in [0.1, 0.15) is 0 Å². The summed E-state index contributed by atoms with van der Waals surface area (Å²) in [7, 11) is 1.56. The molecule has 6 heteroatoms. The van der Waals surface area contributed by atoms with Crippen LogP contribution in [0.25, 0.3) is 0 Å². The van der Waals surface area contributed by atoms with Crippen molar-refractivity contribution in [1.29, 1.82) is 0 Å². The van der Waals surface area contributed by atoms with Crippen molar-refractivity contribution in [2.45, 2.75) is 19.3 Å². The van der Waals surface area contributed by atoms with Crippen LogP contribution < -0.4 is 15.5 Å². The van der Waals surface area contributed by atoms with E-state index in [1.165, 1.54) is 0 Å². The molecule has 1 fully saturated rings. The summed E-state index contributed by atoms with van der Waals surface area (Å²) in [4.78, 5) is 37.8. The minimum Gasteiger partial charge on any atom is -0.355 e. The zero-order valence-corrected chi connectivity index (χ0v) is 14.6. The van der Waals surface area contributed by atoms with E-state index < -0.39 is 0 Å². The molecule has 2 aromatic carbocycles. The number of benzene rings is 2. The number of carbonyl (C=O) groups is 3. The molecule has 1 aliphatic heterocycles. The van der Waals surface area contributed by atoms with Crippen LogP contribution >= 0.6 is 0 Å². The summed E-state index contributed by atoms with van der Waals surface area (Å²) >= 11 is 0. The summed E-state index contributed by atoms with van der Waals surface area (Å²) in [6, 6.07) is 13.7. The molecule has 3 amide bonds. The van der Waals surface area contributed by atoms with Crippen LogP contribution in [-0.4, -0.2) is 31.3 Å². The molecule has 2 aromatic rings. The lowest BCUT2D eigenvalue weighted by Crippen LogP contribution is -2.35. The van der Waals surface area contributed by atoms with Crippen LogP contribution in [0.15, 0.2) is 48.5 Å². The first-order valence-corrected chi connectivity index (χ1v) is 8.62. The molecule has 0 spiro atoms. The molecule has 0 aliphatic carbocycles. The van der Waals surface area contributed by atoms with E-state index >= 15 is 0 Å². The minimum absolute atomic E-state index is 0.125. The van der Waals surface area contributed by atoms with Crippen molar-refractivity contribution in [3.63, 3.8) is 0 Å². The van der Waals surface area contributed by atoms with E-state index in [9.17, 15) is 14.4 Å². The molecule has 0 atom stereocenters. The van der Waals surface area contributed by atoms with Crippen molar-refractivity contribution in [2.75, 3.05) is 23.8 Å². The predicted octanol–water partition coefficient (Wildman–Crippen LogP) is 2.82. The third-order valence-corrected chi connectivity index (χ3v) is 4.37. The molecule has 0 aromatic heterocycles. The topological polar surface area (TPSA) is 78.5 Å². The van der Waals surface area contributed by atoms with Gasteiger partial charge >= 0.3 is 0 Å². The molecule has 1 aliphatic rings. The van der Waals surface area contributed by atoms with Crippen LogP contribution in [0, 0.1) is 0 Å². The number of nitrogens with zero attached hydrogens (tertiary/aromatic N) is 1. The first-order valence-electron chi connectivity index (χ1n) is 8.62. The van der Waals surface area contributed by atoms with Gasteiger partial charge in [0.05, 0.1) is 0 Å². The van der Waals surface area contributed by atoms with E-state index in [4.69, 9.17) is 0 Å². The maximum absolute atomic E-state index is 12.4. The van der Waals surface area contributed by atoms with Crippen molar-refractivity contribution >= 4 is 29.1 Å². The maximum Gasteiger partial charge on any atom is 0.255 e. The second-order valence-corrected chi connectivity index (χ2v) is 6.16. The molecule has 26 heavy (non-hydrogen) atoms. The first kappa shape index (κ1) is 17.7. The molecule has 0 bridgehead atoms. The molecule has 0 unspecified atom stereocenters. The van der Waals surface area contributed by atoms with Gasteiger partial charge in [0.15, 0.2) is 0 Å². The summed E-state index contributed by atoms with van der Waals surface area (Å²) in [6.45, 7) is 0.719. The Bertz CT molecular complexity index is 830. The van der Waals surface area contributed by atoms with E-state index in [0.29, 0.717) is 23.2 Å². The van der Waals surface area contributed by atoms with Gasteiger partial charge < -0.3 is 15.5 Å². The summed E-state index contributed by atoms with van der Waals surface area (Å²) in [6.07, 6.45) is 2.50. The maximum atomic E-state index is 12.4. The normalized spacial score (nSPS) is 14.0. The monoisotopic (exact) mass is 351 g/mol. The molecule has 6 nitrogen and oxygen atoms in total. The van der Waals surface area contributed by atoms with Gasteiger partial charge in [-0.3, -0.25) is 14.4 Å². The van der Waals surface area contributed by atoms with Gasteiger partial charge in [0.2, 0.25) is 5.91 Å².